The number of methoxy groups -OCH3 is 1. The van der Waals surface area contributed by atoms with Crippen LogP contribution in [0.2, 0.25) is 0 Å². The number of hydrogen-bond acceptors (Lipinski definition) is 5. The maximum absolute atomic E-state index is 13.9. The Labute approximate surface area is 159 Å². The fraction of sp³-hybridized carbons (Fsp3) is 0.368. The molecular weight excluding hydrogens is 371 g/mol. The van der Waals surface area contributed by atoms with Gasteiger partial charge in [0.15, 0.2) is 0 Å². The summed E-state index contributed by atoms with van der Waals surface area (Å²) in [6.45, 7) is 1.65. The highest BCUT2D eigenvalue weighted by molar-refractivity contribution is 7.89. The molecule has 0 atom stereocenters. The highest BCUT2D eigenvalue weighted by atomic mass is 32.2. The highest BCUT2D eigenvalue weighted by Gasteiger charge is 2.27. The Balaban J connectivity index is 1.50. The molecule has 0 unspecified atom stereocenters. The molecular formula is C19H23FN2O4S. The molecule has 0 bridgehead atoms. The third kappa shape index (κ3) is 4.90. The summed E-state index contributed by atoms with van der Waals surface area (Å²) in [6, 6.07) is 13.5. The largest absolute Gasteiger partial charge is 0.497 e. The molecule has 1 fully saturated rings. The first kappa shape index (κ1) is 19.4. The van der Waals surface area contributed by atoms with Crippen LogP contribution >= 0.6 is 0 Å². The molecule has 0 saturated carbocycles. The molecule has 2 aromatic rings. The van der Waals surface area contributed by atoms with Gasteiger partial charge in [-0.05, 0) is 36.4 Å². The average molecular weight is 394 g/mol. The van der Waals surface area contributed by atoms with Crippen LogP contribution in [0.25, 0.3) is 0 Å². The Hall–Kier alpha value is -2.32. The summed E-state index contributed by atoms with van der Waals surface area (Å²) in [5, 5.41) is 0. The quantitative estimate of drug-likeness (QED) is 0.722. The predicted octanol–water partition coefficient (Wildman–Crippen LogP) is 2.37. The van der Waals surface area contributed by atoms with Gasteiger partial charge in [0.2, 0.25) is 10.0 Å². The summed E-state index contributed by atoms with van der Waals surface area (Å²) in [6.07, 6.45) is 0. The summed E-state index contributed by atoms with van der Waals surface area (Å²) < 4.78 is 51.0. The number of benzene rings is 2. The molecule has 0 aromatic heterocycles. The topological polar surface area (TPSA) is 59.1 Å². The Morgan fingerprint density at radius 2 is 1.59 bits per heavy atom. The van der Waals surface area contributed by atoms with E-state index in [1.807, 2.05) is 4.90 Å². The normalized spacial score (nSPS) is 15.6. The highest BCUT2D eigenvalue weighted by Crippen LogP contribution is 2.21. The fourth-order valence-corrected chi connectivity index (χ4v) is 4.25. The summed E-state index contributed by atoms with van der Waals surface area (Å²) in [4.78, 5) is 1.87. The number of rotatable bonds is 7. The van der Waals surface area contributed by atoms with Gasteiger partial charge in [-0.2, -0.15) is 4.31 Å². The Kier molecular flexibility index (Phi) is 6.18. The van der Waals surface area contributed by atoms with Crippen molar-refractivity contribution in [2.45, 2.75) is 0 Å². The van der Waals surface area contributed by atoms with Gasteiger partial charge in [-0.25, -0.2) is 12.8 Å². The van der Waals surface area contributed by atoms with Crippen molar-refractivity contribution < 1.29 is 22.3 Å². The summed E-state index contributed by atoms with van der Waals surface area (Å²) in [7, 11) is -1.84. The summed E-state index contributed by atoms with van der Waals surface area (Å²) >= 11 is 0. The zero-order chi connectivity index (χ0) is 19.3. The molecule has 2 aromatic carbocycles. The van der Waals surface area contributed by atoms with E-state index in [1.165, 1.54) is 10.4 Å². The second-order valence-corrected chi connectivity index (χ2v) is 8.27. The van der Waals surface area contributed by atoms with E-state index in [4.69, 9.17) is 9.47 Å². The fourth-order valence-electron chi connectivity index (χ4n) is 2.98. The zero-order valence-electron chi connectivity index (χ0n) is 15.2. The number of sulfonamides is 1. The van der Waals surface area contributed by atoms with Crippen LogP contribution in [0.15, 0.2) is 48.5 Å². The number of halogens is 1. The summed E-state index contributed by atoms with van der Waals surface area (Å²) in [5.74, 6) is 0.915. The zero-order valence-corrected chi connectivity index (χ0v) is 16.0. The van der Waals surface area contributed by atoms with Crippen LogP contribution in [0, 0.1) is 5.82 Å². The lowest BCUT2D eigenvalue weighted by Gasteiger charge is -2.35. The lowest BCUT2D eigenvalue weighted by atomic mass is 10.2. The van der Waals surface area contributed by atoms with E-state index in [0.29, 0.717) is 43.4 Å². The number of anilines is 1. The lowest BCUT2D eigenvalue weighted by Crippen LogP contribution is -2.49. The molecule has 8 heteroatoms. The van der Waals surface area contributed by atoms with Crippen LogP contribution < -0.4 is 14.4 Å². The van der Waals surface area contributed by atoms with Crippen LogP contribution in [0.3, 0.4) is 0 Å². The number of ether oxygens (including phenoxy) is 2. The van der Waals surface area contributed by atoms with Gasteiger partial charge < -0.3 is 14.4 Å². The third-order valence-corrected chi connectivity index (χ3v) is 6.33. The average Bonchev–Trinajstić information content (AvgIpc) is 2.69. The van der Waals surface area contributed by atoms with E-state index in [2.05, 4.69) is 0 Å². The van der Waals surface area contributed by atoms with Crippen molar-refractivity contribution >= 4 is 15.7 Å². The van der Waals surface area contributed by atoms with E-state index in [-0.39, 0.29) is 18.2 Å². The molecule has 6 nitrogen and oxygen atoms in total. The summed E-state index contributed by atoms with van der Waals surface area (Å²) in [5.41, 5.74) is 0.511. The monoisotopic (exact) mass is 394 g/mol. The van der Waals surface area contributed by atoms with E-state index >= 15 is 0 Å². The first-order valence-corrected chi connectivity index (χ1v) is 10.3. The Morgan fingerprint density at radius 1 is 0.963 bits per heavy atom. The van der Waals surface area contributed by atoms with Crippen molar-refractivity contribution in [2.75, 3.05) is 50.5 Å². The molecule has 0 aliphatic carbocycles. The first-order valence-electron chi connectivity index (χ1n) is 8.74. The van der Waals surface area contributed by atoms with Gasteiger partial charge in [-0.15, -0.1) is 0 Å². The minimum Gasteiger partial charge on any atom is -0.497 e. The van der Waals surface area contributed by atoms with Gasteiger partial charge >= 0.3 is 0 Å². The van der Waals surface area contributed by atoms with Gasteiger partial charge in [0.25, 0.3) is 0 Å². The second-order valence-electron chi connectivity index (χ2n) is 6.18. The van der Waals surface area contributed by atoms with Gasteiger partial charge in [-0.3, -0.25) is 0 Å². The van der Waals surface area contributed by atoms with Crippen LogP contribution in [0.5, 0.6) is 11.5 Å². The first-order chi connectivity index (χ1) is 13.0. The maximum Gasteiger partial charge on any atom is 0.217 e. The van der Waals surface area contributed by atoms with Crippen molar-refractivity contribution in [3.05, 3.63) is 54.3 Å². The molecule has 1 saturated heterocycles. The van der Waals surface area contributed by atoms with Gasteiger partial charge in [0, 0.05) is 26.2 Å². The van der Waals surface area contributed by atoms with Crippen molar-refractivity contribution in [3.63, 3.8) is 0 Å². The smallest absolute Gasteiger partial charge is 0.217 e. The molecule has 0 amide bonds. The van der Waals surface area contributed by atoms with Crippen molar-refractivity contribution in [2.24, 2.45) is 0 Å². The van der Waals surface area contributed by atoms with E-state index < -0.39 is 10.0 Å². The van der Waals surface area contributed by atoms with Crippen LogP contribution in [0.1, 0.15) is 0 Å². The van der Waals surface area contributed by atoms with Crippen LogP contribution in [-0.4, -0.2) is 58.4 Å². The Bertz CT molecular complexity index is 850. The molecule has 0 spiro atoms. The minimum absolute atomic E-state index is 0.0716. The molecule has 3 rings (SSSR count). The van der Waals surface area contributed by atoms with Crippen molar-refractivity contribution in [1.82, 2.24) is 4.31 Å². The number of para-hydroxylation sites is 1. The van der Waals surface area contributed by atoms with Crippen LogP contribution in [-0.2, 0) is 10.0 Å². The molecule has 1 heterocycles. The van der Waals surface area contributed by atoms with E-state index in [0.717, 1.165) is 0 Å². The van der Waals surface area contributed by atoms with Gasteiger partial charge in [0.1, 0.15) is 23.9 Å². The maximum atomic E-state index is 13.9. The molecule has 0 N–H and O–H groups in total. The van der Waals surface area contributed by atoms with Gasteiger partial charge in [-0.1, -0.05) is 12.1 Å². The van der Waals surface area contributed by atoms with Crippen molar-refractivity contribution in [3.8, 4) is 11.5 Å². The standard InChI is InChI=1S/C19H23FN2O4S/c1-25-16-6-8-17(9-7-16)26-14-15-27(23,24)22-12-10-21(11-13-22)19-5-3-2-4-18(19)20/h2-9H,10-15H2,1H3. The molecule has 1 aliphatic rings. The molecule has 27 heavy (non-hydrogen) atoms. The lowest BCUT2D eigenvalue weighted by molar-refractivity contribution is 0.330. The third-order valence-electron chi connectivity index (χ3n) is 4.49. The SMILES string of the molecule is COc1ccc(OCCS(=O)(=O)N2CCN(c3ccccc3F)CC2)cc1. The Morgan fingerprint density at radius 3 is 2.22 bits per heavy atom. The van der Waals surface area contributed by atoms with E-state index in [9.17, 15) is 12.8 Å². The van der Waals surface area contributed by atoms with Crippen molar-refractivity contribution in [1.29, 1.82) is 0 Å². The second kappa shape index (κ2) is 8.58. The van der Waals surface area contributed by atoms with Crippen LogP contribution in [0.4, 0.5) is 10.1 Å². The molecule has 1 aliphatic heterocycles. The van der Waals surface area contributed by atoms with E-state index in [1.54, 1.807) is 49.6 Å². The minimum atomic E-state index is -3.42. The number of hydrogen-bond donors (Lipinski definition) is 0. The number of nitrogens with zero attached hydrogens (tertiary/aromatic N) is 2. The number of piperazine rings is 1. The predicted molar refractivity (Wildman–Crippen MR) is 102 cm³/mol. The van der Waals surface area contributed by atoms with Gasteiger partial charge in [0.05, 0.1) is 18.6 Å². The molecule has 0 radical (unpaired) electrons. The molecule has 146 valence electrons.